The molecule has 1 saturated carbocycles. The van der Waals surface area contributed by atoms with Gasteiger partial charge in [0.05, 0.1) is 5.69 Å². The van der Waals surface area contributed by atoms with Crippen molar-refractivity contribution in [2.75, 3.05) is 17.7 Å². The topological polar surface area (TPSA) is 89.4 Å². The van der Waals surface area contributed by atoms with E-state index in [4.69, 9.17) is 10.9 Å². The molecule has 1 fully saturated rings. The Labute approximate surface area is 101 Å². The molecule has 0 amide bonds. The van der Waals surface area contributed by atoms with Crippen LogP contribution in [0.3, 0.4) is 0 Å². The summed E-state index contributed by atoms with van der Waals surface area (Å²) < 4.78 is 23.1. The molecule has 0 aromatic heterocycles. The van der Waals surface area contributed by atoms with E-state index in [-0.39, 0.29) is 4.90 Å². The lowest BCUT2D eigenvalue weighted by atomic mass is 9.91. The molecule has 4 N–H and O–H groups in total. The minimum atomic E-state index is -3.74. The van der Waals surface area contributed by atoms with Crippen molar-refractivity contribution in [1.29, 1.82) is 0 Å². The van der Waals surface area contributed by atoms with Gasteiger partial charge in [-0.3, -0.25) is 0 Å². The van der Waals surface area contributed by atoms with Crippen LogP contribution in [0.4, 0.5) is 11.4 Å². The van der Waals surface area contributed by atoms with E-state index in [2.05, 4.69) is 0 Å². The molecule has 5 nitrogen and oxygen atoms in total. The van der Waals surface area contributed by atoms with Crippen molar-refractivity contribution in [3.63, 3.8) is 0 Å². The van der Waals surface area contributed by atoms with Gasteiger partial charge in [0.1, 0.15) is 4.90 Å². The van der Waals surface area contributed by atoms with E-state index in [9.17, 15) is 8.42 Å². The Morgan fingerprint density at radius 2 is 2.00 bits per heavy atom. The van der Waals surface area contributed by atoms with Gasteiger partial charge in [-0.25, -0.2) is 13.6 Å². The highest BCUT2D eigenvalue weighted by Gasteiger charge is 2.26. The van der Waals surface area contributed by atoms with Crippen LogP contribution < -0.4 is 15.8 Å². The molecule has 2 rings (SSSR count). The number of primary sulfonamides is 1. The van der Waals surface area contributed by atoms with E-state index in [0.29, 0.717) is 17.4 Å². The predicted octanol–water partition coefficient (Wildman–Crippen LogP) is 0.905. The summed E-state index contributed by atoms with van der Waals surface area (Å²) in [4.78, 5) is 2.08. The summed E-state index contributed by atoms with van der Waals surface area (Å²) in [5, 5.41) is 5.21. The number of nitrogens with two attached hydrogens (primary N) is 2. The van der Waals surface area contributed by atoms with Gasteiger partial charge in [-0.15, -0.1) is 0 Å². The number of nitrogen functional groups attached to an aromatic ring is 1. The number of sulfonamides is 1. The first-order chi connectivity index (χ1) is 7.89. The molecule has 0 unspecified atom stereocenters. The first-order valence-electron chi connectivity index (χ1n) is 5.55. The fourth-order valence-electron chi connectivity index (χ4n) is 2.02. The molecule has 0 bridgehead atoms. The van der Waals surface area contributed by atoms with Crippen molar-refractivity contribution >= 4 is 21.4 Å². The summed E-state index contributed by atoms with van der Waals surface area (Å²) in [6.45, 7) is 0. The van der Waals surface area contributed by atoms with E-state index >= 15 is 0 Å². The SMILES string of the molecule is CN(c1ccc(N)cc1S(N)(=O)=O)C1CCC1. The van der Waals surface area contributed by atoms with E-state index in [0.717, 1.165) is 12.8 Å². The van der Waals surface area contributed by atoms with Gasteiger partial charge in [0.25, 0.3) is 0 Å². The zero-order chi connectivity index (χ0) is 12.6. The van der Waals surface area contributed by atoms with E-state index < -0.39 is 10.0 Å². The molecule has 1 aromatic rings. The second kappa shape index (κ2) is 4.19. The van der Waals surface area contributed by atoms with Gasteiger partial charge in [0, 0.05) is 18.8 Å². The molecule has 0 spiro atoms. The fourth-order valence-corrected chi connectivity index (χ4v) is 2.82. The summed E-state index contributed by atoms with van der Waals surface area (Å²) in [7, 11) is -1.85. The molecule has 94 valence electrons. The molecular weight excluding hydrogens is 238 g/mol. The van der Waals surface area contributed by atoms with Crippen LogP contribution in [-0.4, -0.2) is 21.5 Å². The first kappa shape index (κ1) is 12.2. The van der Waals surface area contributed by atoms with Crippen LogP contribution >= 0.6 is 0 Å². The Kier molecular flexibility index (Phi) is 3.01. The minimum Gasteiger partial charge on any atom is -0.399 e. The lowest BCUT2D eigenvalue weighted by Crippen LogP contribution is -2.38. The third kappa shape index (κ3) is 2.37. The monoisotopic (exact) mass is 255 g/mol. The Morgan fingerprint density at radius 3 is 2.47 bits per heavy atom. The number of hydrogen-bond acceptors (Lipinski definition) is 4. The Morgan fingerprint density at radius 1 is 1.35 bits per heavy atom. The maximum absolute atomic E-state index is 11.5. The van der Waals surface area contributed by atoms with Crippen LogP contribution in [0.15, 0.2) is 23.1 Å². The van der Waals surface area contributed by atoms with Gasteiger partial charge in [-0.1, -0.05) is 0 Å². The number of hydrogen-bond donors (Lipinski definition) is 2. The highest BCUT2D eigenvalue weighted by molar-refractivity contribution is 7.89. The Bertz CT molecular complexity index is 524. The zero-order valence-corrected chi connectivity index (χ0v) is 10.6. The van der Waals surface area contributed by atoms with Crippen LogP contribution in [-0.2, 0) is 10.0 Å². The van der Waals surface area contributed by atoms with Crippen LogP contribution in [0.25, 0.3) is 0 Å². The van der Waals surface area contributed by atoms with Gasteiger partial charge in [0.15, 0.2) is 0 Å². The molecule has 17 heavy (non-hydrogen) atoms. The van der Waals surface area contributed by atoms with Crippen LogP contribution in [0.2, 0.25) is 0 Å². The molecule has 1 aliphatic rings. The molecule has 0 atom stereocenters. The Balaban J connectivity index is 2.45. The molecule has 1 aliphatic carbocycles. The van der Waals surface area contributed by atoms with E-state index in [1.54, 1.807) is 12.1 Å². The fraction of sp³-hybridized carbons (Fsp3) is 0.455. The summed E-state index contributed by atoms with van der Waals surface area (Å²) in [6.07, 6.45) is 3.37. The molecule has 0 aliphatic heterocycles. The molecule has 0 radical (unpaired) electrons. The minimum absolute atomic E-state index is 0.104. The largest absolute Gasteiger partial charge is 0.399 e. The summed E-state index contributed by atoms with van der Waals surface area (Å²) in [6, 6.07) is 5.23. The average molecular weight is 255 g/mol. The van der Waals surface area contributed by atoms with Crippen molar-refractivity contribution < 1.29 is 8.42 Å². The second-order valence-corrected chi connectivity index (χ2v) is 6.00. The predicted molar refractivity (Wildman–Crippen MR) is 68.3 cm³/mol. The Hall–Kier alpha value is -1.27. The van der Waals surface area contributed by atoms with E-state index in [1.807, 2.05) is 11.9 Å². The summed E-state index contributed by atoms with van der Waals surface area (Å²) in [5.41, 5.74) is 6.64. The highest BCUT2D eigenvalue weighted by atomic mass is 32.2. The molecule has 6 heteroatoms. The zero-order valence-electron chi connectivity index (χ0n) is 9.76. The molecule has 0 heterocycles. The number of benzene rings is 1. The van der Waals surface area contributed by atoms with Crippen molar-refractivity contribution in [3.05, 3.63) is 18.2 Å². The normalized spacial score (nSPS) is 16.6. The van der Waals surface area contributed by atoms with Gasteiger partial charge in [-0.05, 0) is 37.5 Å². The number of nitrogens with zero attached hydrogens (tertiary/aromatic N) is 1. The number of rotatable bonds is 3. The second-order valence-electron chi connectivity index (χ2n) is 4.47. The van der Waals surface area contributed by atoms with Crippen LogP contribution in [0.5, 0.6) is 0 Å². The van der Waals surface area contributed by atoms with Crippen molar-refractivity contribution in [1.82, 2.24) is 0 Å². The first-order valence-corrected chi connectivity index (χ1v) is 7.09. The lowest BCUT2D eigenvalue weighted by Gasteiger charge is -2.37. The standard InChI is InChI=1S/C11H17N3O2S/c1-14(9-3-2-4-9)10-6-5-8(12)7-11(10)17(13,15)16/h5-7,9H,2-4,12H2,1H3,(H2,13,15,16). The highest BCUT2D eigenvalue weighted by Crippen LogP contribution is 2.32. The molecule has 0 saturated heterocycles. The third-order valence-corrected chi connectivity index (χ3v) is 4.23. The smallest absolute Gasteiger partial charge is 0.240 e. The number of anilines is 2. The van der Waals surface area contributed by atoms with Gasteiger partial charge in [0.2, 0.25) is 10.0 Å². The maximum Gasteiger partial charge on any atom is 0.240 e. The van der Waals surface area contributed by atoms with E-state index in [1.165, 1.54) is 12.5 Å². The van der Waals surface area contributed by atoms with Gasteiger partial charge < -0.3 is 10.6 Å². The van der Waals surface area contributed by atoms with Crippen molar-refractivity contribution in [3.8, 4) is 0 Å². The van der Waals surface area contributed by atoms with Gasteiger partial charge in [-0.2, -0.15) is 0 Å². The third-order valence-electron chi connectivity index (χ3n) is 3.29. The quantitative estimate of drug-likeness (QED) is 0.785. The molecule has 1 aromatic carbocycles. The summed E-state index contributed by atoms with van der Waals surface area (Å²) in [5.74, 6) is 0. The van der Waals surface area contributed by atoms with Crippen molar-refractivity contribution in [2.45, 2.75) is 30.2 Å². The van der Waals surface area contributed by atoms with Crippen LogP contribution in [0.1, 0.15) is 19.3 Å². The summed E-state index contributed by atoms with van der Waals surface area (Å²) >= 11 is 0. The lowest BCUT2D eigenvalue weighted by molar-refractivity contribution is 0.400. The van der Waals surface area contributed by atoms with Crippen LogP contribution in [0, 0.1) is 0 Å². The maximum atomic E-state index is 11.5. The van der Waals surface area contributed by atoms with Gasteiger partial charge >= 0.3 is 0 Å². The molecular formula is C11H17N3O2S. The average Bonchev–Trinajstić information content (AvgIpc) is 2.13. The van der Waals surface area contributed by atoms with Crippen molar-refractivity contribution in [2.24, 2.45) is 5.14 Å².